The lowest BCUT2D eigenvalue weighted by atomic mass is 10.1. The maximum Gasteiger partial charge on any atom is 0.251 e. The highest BCUT2D eigenvalue weighted by molar-refractivity contribution is 7.89. The Bertz CT molecular complexity index is 935. The molecule has 1 saturated heterocycles. The first-order valence-electron chi connectivity index (χ1n) is 8.94. The van der Waals surface area contributed by atoms with Gasteiger partial charge in [-0.25, -0.2) is 8.42 Å². The molecule has 0 atom stereocenters. The highest BCUT2D eigenvalue weighted by Crippen LogP contribution is 2.23. The fourth-order valence-electron chi connectivity index (χ4n) is 3.20. The number of benzene rings is 2. The van der Waals surface area contributed by atoms with Gasteiger partial charge in [-0.05, 0) is 43.5 Å². The summed E-state index contributed by atoms with van der Waals surface area (Å²) in [5, 5.41) is 2.85. The minimum atomic E-state index is -3.56. The van der Waals surface area contributed by atoms with Gasteiger partial charge in [0.25, 0.3) is 5.91 Å². The van der Waals surface area contributed by atoms with E-state index in [0.717, 1.165) is 24.0 Å². The SMILES string of the molecule is COc1ccccc1CNC(=O)c1cc(S(=O)(=O)N2CCCC2)ccc1C. The Morgan fingerprint density at radius 3 is 2.56 bits per heavy atom. The predicted molar refractivity (Wildman–Crippen MR) is 103 cm³/mol. The Morgan fingerprint density at radius 2 is 1.85 bits per heavy atom. The molecular formula is C20H24N2O4S. The lowest BCUT2D eigenvalue weighted by Crippen LogP contribution is -2.29. The smallest absolute Gasteiger partial charge is 0.251 e. The molecule has 1 aliphatic rings. The number of sulfonamides is 1. The van der Waals surface area contributed by atoms with Gasteiger partial charge in [0.1, 0.15) is 5.75 Å². The van der Waals surface area contributed by atoms with Crippen molar-refractivity contribution in [1.29, 1.82) is 0 Å². The molecule has 144 valence electrons. The van der Waals surface area contributed by atoms with Crippen LogP contribution in [0.4, 0.5) is 0 Å². The molecule has 0 aliphatic carbocycles. The second-order valence-electron chi connectivity index (χ2n) is 6.58. The van der Waals surface area contributed by atoms with Gasteiger partial charge < -0.3 is 10.1 Å². The molecule has 1 N–H and O–H groups in total. The first-order valence-corrected chi connectivity index (χ1v) is 10.4. The monoisotopic (exact) mass is 388 g/mol. The molecule has 0 bridgehead atoms. The van der Waals surface area contributed by atoms with Crippen molar-refractivity contribution in [2.75, 3.05) is 20.2 Å². The number of hydrogen-bond acceptors (Lipinski definition) is 4. The largest absolute Gasteiger partial charge is 0.496 e. The minimum absolute atomic E-state index is 0.164. The number of carbonyl (C=O) groups excluding carboxylic acids is 1. The summed E-state index contributed by atoms with van der Waals surface area (Å²) >= 11 is 0. The van der Waals surface area contributed by atoms with E-state index in [1.54, 1.807) is 26.2 Å². The lowest BCUT2D eigenvalue weighted by Gasteiger charge is -2.17. The van der Waals surface area contributed by atoms with Crippen LogP contribution in [0.5, 0.6) is 5.75 Å². The molecule has 3 rings (SSSR count). The summed E-state index contributed by atoms with van der Waals surface area (Å²) in [5.74, 6) is 0.386. The van der Waals surface area contributed by atoms with E-state index in [9.17, 15) is 13.2 Å². The maximum absolute atomic E-state index is 12.8. The van der Waals surface area contributed by atoms with Gasteiger partial charge in [-0.15, -0.1) is 0 Å². The van der Waals surface area contributed by atoms with Crippen LogP contribution in [-0.4, -0.2) is 38.8 Å². The second-order valence-corrected chi connectivity index (χ2v) is 8.52. The van der Waals surface area contributed by atoms with Crippen molar-refractivity contribution in [3.63, 3.8) is 0 Å². The summed E-state index contributed by atoms with van der Waals surface area (Å²) in [6.07, 6.45) is 1.74. The summed E-state index contributed by atoms with van der Waals surface area (Å²) < 4.78 is 32.3. The summed E-state index contributed by atoms with van der Waals surface area (Å²) in [4.78, 5) is 12.8. The van der Waals surface area contributed by atoms with Crippen LogP contribution in [0, 0.1) is 6.92 Å². The van der Waals surface area contributed by atoms with Crippen LogP contribution in [-0.2, 0) is 16.6 Å². The van der Waals surface area contributed by atoms with E-state index in [1.165, 1.54) is 10.4 Å². The Kier molecular flexibility index (Phi) is 5.82. The second kappa shape index (κ2) is 8.10. The number of amides is 1. The maximum atomic E-state index is 12.8. The van der Waals surface area contributed by atoms with E-state index < -0.39 is 10.0 Å². The zero-order chi connectivity index (χ0) is 19.4. The van der Waals surface area contributed by atoms with Crippen molar-refractivity contribution in [3.8, 4) is 5.75 Å². The fraction of sp³-hybridized carbons (Fsp3) is 0.350. The molecule has 1 heterocycles. The van der Waals surface area contributed by atoms with Crippen molar-refractivity contribution >= 4 is 15.9 Å². The molecule has 1 amide bonds. The van der Waals surface area contributed by atoms with Crippen molar-refractivity contribution < 1.29 is 17.9 Å². The first kappa shape index (κ1) is 19.4. The molecule has 6 nitrogen and oxygen atoms in total. The number of hydrogen-bond donors (Lipinski definition) is 1. The number of aryl methyl sites for hydroxylation is 1. The molecule has 2 aromatic carbocycles. The number of rotatable bonds is 6. The van der Waals surface area contributed by atoms with E-state index in [-0.39, 0.29) is 10.8 Å². The molecule has 1 fully saturated rings. The Morgan fingerprint density at radius 1 is 1.15 bits per heavy atom. The lowest BCUT2D eigenvalue weighted by molar-refractivity contribution is 0.0950. The minimum Gasteiger partial charge on any atom is -0.496 e. The van der Waals surface area contributed by atoms with E-state index in [1.807, 2.05) is 24.3 Å². The summed E-state index contributed by atoms with van der Waals surface area (Å²) in [6.45, 7) is 3.16. The van der Waals surface area contributed by atoms with Crippen LogP contribution >= 0.6 is 0 Å². The van der Waals surface area contributed by atoms with Gasteiger partial charge in [0.2, 0.25) is 10.0 Å². The van der Waals surface area contributed by atoms with Crippen molar-refractivity contribution in [2.24, 2.45) is 0 Å². The molecule has 0 spiro atoms. The molecule has 7 heteroatoms. The van der Waals surface area contributed by atoms with Crippen molar-refractivity contribution in [3.05, 3.63) is 59.2 Å². The molecule has 0 unspecified atom stereocenters. The third-order valence-corrected chi connectivity index (χ3v) is 6.68. The number of para-hydroxylation sites is 1. The topological polar surface area (TPSA) is 75.7 Å². The van der Waals surface area contributed by atoms with Gasteiger partial charge in [-0.3, -0.25) is 4.79 Å². The number of nitrogens with zero attached hydrogens (tertiary/aromatic N) is 1. The normalized spacial score (nSPS) is 14.9. The summed E-state index contributed by atoms with van der Waals surface area (Å²) in [6, 6.07) is 12.2. The standard InChI is InChI=1S/C20H24N2O4S/c1-15-9-10-17(27(24,25)22-11-5-6-12-22)13-18(15)20(23)21-14-16-7-3-4-8-19(16)26-2/h3-4,7-10,13H,5-6,11-12,14H2,1-2H3,(H,21,23). The van der Waals surface area contributed by atoms with Crippen LogP contribution < -0.4 is 10.1 Å². The number of nitrogens with one attached hydrogen (secondary N) is 1. The van der Waals surface area contributed by atoms with Crippen LogP contribution in [0.2, 0.25) is 0 Å². The van der Waals surface area contributed by atoms with Crippen LogP contribution in [0.1, 0.15) is 34.3 Å². The average Bonchev–Trinajstić information content (AvgIpc) is 3.22. The van der Waals surface area contributed by atoms with E-state index in [2.05, 4.69) is 5.32 Å². The third-order valence-electron chi connectivity index (χ3n) is 4.79. The first-order chi connectivity index (χ1) is 12.9. The summed E-state index contributed by atoms with van der Waals surface area (Å²) in [7, 11) is -1.98. The molecule has 2 aromatic rings. The summed E-state index contributed by atoms with van der Waals surface area (Å²) in [5.41, 5.74) is 1.95. The molecular weight excluding hydrogens is 364 g/mol. The van der Waals surface area contributed by atoms with Crippen LogP contribution in [0.25, 0.3) is 0 Å². The zero-order valence-electron chi connectivity index (χ0n) is 15.6. The van der Waals surface area contributed by atoms with Crippen molar-refractivity contribution in [2.45, 2.75) is 31.2 Å². The number of ether oxygens (including phenoxy) is 1. The Labute approximate surface area is 160 Å². The van der Waals surface area contributed by atoms with Gasteiger partial charge >= 0.3 is 0 Å². The molecule has 0 saturated carbocycles. The Hall–Kier alpha value is -2.38. The Balaban J connectivity index is 1.80. The van der Waals surface area contributed by atoms with E-state index in [0.29, 0.717) is 30.9 Å². The number of methoxy groups -OCH3 is 1. The van der Waals surface area contributed by atoms with E-state index in [4.69, 9.17) is 4.74 Å². The van der Waals surface area contributed by atoms with Gasteiger partial charge in [0.05, 0.1) is 12.0 Å². The molecule has 27 heavy (non-hydrogen) atoms. The molecule has 0 aromatic heterocycles. The van der Waals surface area contributed by atoms with Crippen LogP contribution in [0.15, 0.2) is 47.4 Å². The van der Waals surface area contributed by atoms with Crippen molar-refractivity contribution in [1.82, 2.24) is 9.62 Å². The molecule has 0 radical (unpaired) electrons. The highest BCUT2D eigenvalue weighted by Gasteiger charge is 2.28. The van der Waals surface area contributed by atoms with E-state index >= 15 is 0 Å². The van der Waals surface area contributed by atoms with Gasteiger partial charge in [-0.1, -0.05) is 24.3 Å². The van der Waals surface area contributed by atoms with Gasteiger partial charge in [0.15, 0.2) is 0 Å². The van der Waals surface area contributed by atoms with Gasteiger partial charge in [0, 0.05) is 30.8 Å². The highest BCUT2D eigenvalue weighted by atomic mass is 32.2. The molecule has 1 aliphatic heterocycles. The number of carbonyl (C=O) groups is 1. The van der Waals surface area contributed by atoms with Crippen LogP contribution in [0.3, 0.4) is 0 Å². The quantitative estimate of drug-likeness (QED) is 0.826. The average molecular weight is 388 g/mol. The zero-order valence-corrected chi connectivity index (χ0v) is 16.4. The predicted octanol–water partition coefficient (Wildman–Crippen LogP) is 2.72. The third kappa shape index (κ3) is 4.14. The fourth-order valence-corrected chi connectivity index (χ4v) is 4.75. The van der Waals surface area contributed by atoms with Gasteiger partial charge in [-0.2, -0.15) is 4.31 Å².